The Hall–Kier alpha value is -1.88. The predicted molar refractivity (Wildman–Crippen MR) is 73.3 cm³/mol. The SMILES string of the molecule is C=C(c1ccccc1C(F)(F)F)S(=O)c1ccccc1. The molecule has 20 heavy (non-hydrogen) atoms. The van der Waals surface area contributed by atoms with Gasteiger partial charge in [0, 0.05) is 15.4 Å². The van der Waals surface area contributed by atoms with Crippen molar-refractivity contribution in [2.75, 3.05) is 0 Å². The third kappa shape index (κ3) is 2.99. The number of alkyl halides is 3. The van der Waals surface area contributed by atoms with Crippen LogP contribution in [0.25, 0.3) is 4.91 Å². The topological polar surface area (TPSA) is 17.1 Å². The average molecular weight is 296 g/mol. The zero-order chi connectivity index (χ0) is 14.8. The molecule has 0 aliphatic rings. The summed E-state index contributed by atoms with van der Waals surface area (Å²) in [5.74, 6) is 0. The molecule has 0 radical (unpaired) electrons. The van der Waals surface area contributed by atoms with Crippen molar-refractivity contribution in [2.45, 2.75) is 11.1 Å². The van der Waals surface area contributed by atoms with E-state index in [-0.39, 0.29) is 10.5 Å². The normalized spacial score (nSPS) is 12.9. The molecule has 2 aromatic carbocycles. The van der Waals surface area contributed by atoms with Crippen molar-refractivity contribution in [3.05, 3.63) is 72.3 Å². The van der Waals surface area contributed by atoms with Crippen LogP contribution >= 0.6 is 0 Å². The molecule has 104 valence electrons. The molecule has 0 aromatic heterocycles. The van der Waals surface area contributed by atoms with E-state index >= 15 is 0 Å². The molecular weight excluding hydrogens is 285 g/mol. The lowest BCUT2D eigenvalue weighted by atomic mass is 10.1. The van der Waals surface area contributed by atoms with Crippen molar-refractivity contribution >= 4 is 15.7 Å². The molecule has 2 aromatic rings. The Balaban J connectivity index is 2.43. The summed E-state index contributed by atoms with van der Waals surface area (Å²) in [6.07, 6.45) is -4.50. The summed E-state index contributed by atoms with van der Waals surface area (Å²) in [7, 11) is -1.72. The van der Waals surface area contributed by atoms with E-state index in [9.17, 15) is 17.4 Å². The second kappa shape index (κ2) is 5.63. The molecule has 0 amide bonds. The predicted octanol–water partition coefficient (Wildman–Crippen LogP) is 4.48. The Morgan fingerprint density at radius 1 is 0.950 bits per heavy atom. The van der Waals surface area contributed by atoms with Crippen molar-refractivity contribution in [1.82, 2.24) is 0 Å². The second-order valence-corrected chi connectivity index (χ2v) is 5.55. The van der Waals surface area contributed by atoms with E-state index in [0.717, 1.165) is 6.07 Å². The van der Waals surface area contributed by atoms with Crippen LogP contribution in [0.4, 0.5) is 13.2 Å². The van der Waals surface area contributed by atoms with Crippen LogP contribution in [-0.4, -0.2) is 4.21 Å². The van der Waals surface area contributed by atoms with Gasteiger partial charge in [-0.15, -0.1) is 0 Å². The maximum Gasteiger partial charge on any atom is 0.417 e. The Labute approximate surface area is 117 Å². The number of hydrogen-bond donors (Lipinski definition) is 0. The van der Waals surface area contributed by atoms with E-state index < -0.39 is 22.5 Å². The van der Waals surface area contributed by atoms with Crippen molar-refractivity contribution in [3.63, 3.8) is 0 Å². The van der Waals surface area contributed by atoms with Crippen LogP contribution in [0.3, 0.4) is 0 Å². The van der Waals surface area contributed by atoms with Crippen LogP contribution in [0.5, 0.6) is 0 Å². The molecule has 0 spiro atoms. The number of hydrogen-bond acceptors (Lipinski definition) is 1. The molecule has 0 N–H and O–H groups in total. The summed E-state index contributed by atoms with van der Waals surface area (Å²) >= 11 is 0. The van der Waals surface area contributed by atoms with Crippen LogP contribution in [0, 0.1) is 0 Å². The quantitative estimate of drug-likeness (QED) is 0.816. The Kier molecular flexibility index (Phi) is 4.09. The fourth-order valence-electron chi connectivity index (χ4n) is 1.76. The first kappa shape index (κ1) is 14.5. The summed E-state index contributed by atoms with van der Waals surface area (Å²) < 4.78 is 51.1. The van der Waals surface area contributed by atoms with Crippen molar-refractivity contribution in [1.29, 1.82) is 0 Å². The van der Waals surface area contributed by atoms with E-state index in [1.807, 2.05) is 0 Å². The van der Waals surface area contributed by atoms with E-state index in [2.05, 4.69) is 6.58 Å². The molecule has 5 heteroatoms. The van der Waals surface area contributed by atoms with Crippen molar-refractivity contribution < 1.29 is 17.4 Å². The van der Waals surface area contributed by atoms with Crippen LogP contribution in [-0.2, 0) is 17.0 Å². The maximum atomic E-state index is 12.9. The first-order valence-corrected chi connectivity index (χ1v) is 6.88. The third-order valence-corrected chi connectivity index (χ3v) is 4.08. The standard InChI is InChI=1S/C15H11F3OS/c1-11(20(19)12-7-3-2-4-8-12)13-9-5-6-10-14(13)15(16,17)18/h2-10H,1H2. The first-order valence-electron chi connectivity index (χ1n) is 5.73. The molecule has 0 fully saturated rings. The molecule has 1 nitrogen and oxygen atoms in total. The Bertz CT molecular complexity index is 648. The van der Waals surface area contributed by atoms with Gasteiger partial charge in [0.1, 0.15) is 0 Å². The van der Waals surface area contributed by atoms with E-state index in [0.29, 0.717) is 4.90 Å². The molecule has 2 rings (SSSR count). The summed E-state index contributed by atoms with van der Waals surface area (Å²) in [4.78, 5) is 0.374. The summed E-state index contributed by atoms with van der Waals surface area (Å²) in [6, 6.07) is 13.3. The minimum atomic E-state index is -4.50. The molecule has 0 aliphatic heterocycles. The van der Waals surface area contributed by atoms with Gasteiger partial charge in [0.05, 0.1) is 16.4 Å². The van der Waals surface area contributed by atoms with E-state index in [1.165, 1.54) is 18.2 Å². The highest BCUT2D eigenvalue weighted by molar-refractivity contribution is 7.94. The minimum absolute atomic E-state index is 0.0517. The van der Waals surface area contributed by atoms with Gasteiger partial charge in [0.15, 0.2) is 0 Å². The highest BCUT2D eigenvalue weighted by Gasteiger charge is 2.34. The lowest BCUT2D eigenvalue weighted by Gasteiger charge is -2.14. The summed E-state index contributed by atoms with van der Waals surface area (Å²) in [6.45, 7) is 3.58. The third-order valence-electron chi connectivity index (χ3n) is 2.71. The fourth-order valence-corrected chi connectivity index (χ4v) is 2.83. The van der Waals surface area contributed by atoms with Crippen LogP contribution < -0.4 is 0 Å². The first-order chi connectivity index (χ1) is 9.41. The minimum Gasteiger partial charge on any atom is -0.249 e. The largest absolute Gasteiger partial charge is 0.417 e. The molecule has 1 atom stereocenters. The van der Waals surface area contributed by atoms with Gasteiger partial charge >= 0.3 is 6.18 Å². The van der Waals surface area contributed by atoms with Crippen LogP contribution in [0.15, 0.2) is 66.1 Å². The van der Waals surface area contributed by atoms with Gasteiger partial charge in [-0.3, -0.25) is 0 Å². The van der Waals surface area contributed by atoms with E-state index in [4.69, 9.17) is 0 Å². The van der Waals surface area contributed by atoms with Crippen molar-refractivity contribution in [2.24, 2.45) is 0 Å². The van der Waals surface area contributed by atoms with Gasteiger partial charge in [-0.2, -0.15) is 13.2 Å². The number of benzene rings is 2. The van der Waals surface area contributed by atoms with Gasteiger partial charge in [0.2, 0.25) is 0 Å². The lowest BCUT2D eigenvalue weighted by Crippen LogP contribution is -2.09. The van der Waals surface area contributed by atoms with Gasteiger partial charge in [-0.1, -0.05) is 43.0 Å². The smallest absolute Gasteiger partial charge is 0.249 e. The van der Waals surface area contributed by atoms with E-state index in [1.54, 1.807) is 30.3 Å². The van der Waals surface area contributed by atoms with Gasteiger partial charge < -0.3 is 0 Å². The van der Waals surface area contributed by atoms with Crippen LogP contribution in [0.2, 0.25) is 0 Å². The molecule has 0 bridgehead atoms. The summed E-state index contributed by atoms with van der Waals surface area (Å²) in [5.41, 5.74) is -0.962. The molecule has 1 unspecified atom stereocenters. The second-order valence-electron chi connectivity index (χ2n) is 4.05. The maximum absolute atomic E-state index is 12.9. The van der Waals surface area contributed by atoms with Crippen LogP contribution in [0.1, 0.15) is 11.1 Å². The molecule has 0 saturated heterocycles. The highest BCUT2D eigenvalue weighted by atomic mass is 32.2. The zero-order valence-electron chi connectivity index (χ0n) is 10.4. The molecule has 0 aliphatic carbocycles. The number of rotatable bonds is 3. The Morgan fingerprint density at radius 3 is 2.10 bits per heavy atom. The monoisotopic (exact) mass is 296 g/mol. The average Bonchev–Trinajstić information content (AvgIpc) is 2.46. The number of halogens is 3. The van der Waals surface area contributed by atoms with Gasteiger partial charge in [-0.25, -0.2) is 4.21 Å². The highest BCUT2D eigenvalue weighted by Crippen LogP contribution is 2.36. The molecular formula is C15H11F3OS. The summed E-state index contributed by atoms with van der Waals surface area (Å²) in [5, 5.41) is 0. The Morgan fingerprint density at radius 2 is 1.50 bits per heavy atom. The fraction of sp³-hybridized carbons (Fsp3) is 0.0667. The molecule has 0 heterocycles. The van der Waals surface area contributed by atoms with Gasteiger partial charge in [0.25, 0.3) is 0 Å². The van der Waals surface area contributed by atoms with Crippen molar-refractivity contribution in [3.8, 4) is 0 Å². The molecule has 0 saturated carbocycles. The van der Waals surface area contributed by atoms with Gasteiger partial charge in [-0.05, 0) is 18.2 Å². The lowest BCUT2D eigenvalue weighted by molar-refractivity contribution is -0.137. The zero-order valence-corrected chi connectivity index (χ0v) is 11.2.